The molecule has 21 heavy (non-hydrogen) atoms. The summed E-state index contributed by atoms with van der Waals surface area (Å²) in [5.74, 6) is 0. The molecule has 2 aromatic rings. The second-order valence-electron chi connectivity index (χ2n) is 4.89. The highest BCUT2D eigenvalue weighted by Gasteiger charge is 2.33. The molecular weight excluding hydrogens is 315 g/mol. The van der Waals surface area contributed by atoms with Crippen molar-refractivity contribution >= 4 is 23.1 Å². The summed E-state index contributed by atoms with van der Waals surface area (Å²) in [5, 5.41) is 4.95. The molecule has 1 nitrogen and oxygen atoms in total. The van der Waals surface area contributed by atoms with E-state index in [-0.39, 0.29) is 18.2 Å². The molecule has 0 aliphatic heterocycles. The maximum absolute atomic E-state index is 13.2. The van der Waals surface area contributed by atoms with Crippen LogP contribution in [0.25, 0.3) is 0 Å². The molecule has 0 saturated heterocycles. The van der Waals surface area contributed by atoms with Crippen molar-refractivity contribution in [3.63, 3.8) is 0 Å². The minimum absolute atomic E-state index is 0.145. The first-order valence-corrected chi connectivity index (χ1v) is 8.21. The Morgan fingerprint density at radius 2 is 2.00 bits per heavy atom. The molecule has 0 radical (unpaired) electrons. The molecule has 0 aliphatic carbocycles. The van der Waals surface area contributed by atoms with Crippen LogP contribution in [0, 0.1) is 0 Å². The molecule has 6 heteroatoms. The summed E-state index contributed by atoms with van der Waals surface area (Å²) in [6.07, 6.45) is -4.33. The largest absolute Gasteiger partial charge is 0.416 e. The van der Waals surface area contributed by atoms with Crippen LogP contribution < -0.4 is 5.32 Å². The Hall–Kier alpha value is -0.980. The van der Waals surface area contributed by atoms with Gasteiger partial charge in [-0.05, 0) is 29.1 Å². The average molecular weight is 331 g/mol. The monoisotopic (exact) mass is 331 g/mol. The maximum Gasteiger partial charge on any atom is 0.416 e. The van der Waals surface area contributed by atoms with Gasteiger partial charge in [0.15, 0.2) is 0 Å². The van der Waals surface area contributed by atoms with E-state index in [9.17, 15) is 13.2 Å². The van der Waals surface area contributed by atoms with Gasteiger partial charge in [0.2, 0.25) is 0 Å². The molecule has 0 atom stereocenters. The fraction of sp³-hybridized carbons (Fsp3) is 0.333. The first kappa shape index (κ1) is 16.4. The highest BCUT2D eigenvalue weighted by Crippen LogP contribution is 2.37. The van der Waals surface area contributed by atoms with E-state index in [2.05, 4.69) is 5.32 Å². The Kier molecular flexibility index (Phi) is 5.35. The van der Waals surface area contributed by atoms with E-state index >= 15 is 0 Å². The van der Waals surface area contributed by atoms with Crippen LogP contribution >= 0.6 is 23.1 Å². The number of thiophene rings is 1. The number of rotatable bonds is 5. The maximum atomic E-state index is 13.2. The third-order valence-electron chi connectivity index (χ3n) is 2.80. The minimum atomic E-state index is -4.33. The van der Waals surface area contributed by atoms with Crippen molar-refractivity contribution in [2.24, 2.45) is 0 Å². The second kappa shape index (κ2) is 6.85. The van der Waals surface area contributed by atoms with Gasteiger partial charge >= 0.3 is 6.18 Å². The van der Waals surface area contributed by atoms with E-state index in [4.69, 9.17) is 0 Å². The van der Waals surface area contributed by atoms with Gasteiger partial charge in [-0.3, -0.25) is 0 Å². The Morgan fingerprint density at radius 1 is 1.24 bits per heavy atom. The van der Waals surface area contributed by atoms with Crippen LogP contribution in [-0.4, -0.2) is 6.04 Å². The summed E-state index contributed by atoms with van der Waals surface area (Å²) in [6.45, 7) is 4.04. The van der Waals surface area contributed by atoms with Gasteiger partial charge < -0.3 is 5.32 Å². The standard InChI is InChI=1S/C15H16F3NS2/c1-10(2)19-9-11-5-6-12(8-13(11)15(16,17)18)21-14-4-3-7-20-14/h3-8,10,19H,9H2,1-2H3. The van der Waals surface area contributed by atoms with Gasteiger partial charge in [-0.25, -0.2) is 0 Å². The highest BCUT2D eigenvalue weighted by atomic mass is 32.2. The molecular formula is C15H16F3NS2. The summed E-state index contributed by atoms with van der Waals surface area (Å²) < 4.78 is 40.6. The summed E-state index contributed by atoms with van der Waals surface area (Å²) in [7, 11) is 0. The van der Waals surface area contributed by atoms with Crippen molar-refractivity contribution in [1.29, 1.82) is 0 Å². The lowest BCUT2D eigenvalue weighted by atomic mass is 10.1. The predicted octanol–water partition coefficient (Wildman–Crippen LogP) is 5.42. The van der Waals surface area contributed by atoms with E-state index in [0.717, 1.165) is 4.21 Å². The first-order chi connectivity index (χ1) is 9.86. The lowest BCUT2D eigenvalue weighted by Gasteiger charge is -2.16. The second-order valence-corrected chi connectivity index (χ2v) is 7.21. The first-order valence-electron chi connectivity index (χ1n) is 6.51. The fourth-order valence-electron chi connectivity index (χ4n) is 1.79. The van der Waals surface area contributed by atoms with Crippen molar-refractivity contribution in [2.45, 2.75) is 41.7 Å². The van der Waals surface area contributed by atoms with E-state index in [1.54, 1.807) is 12.1 Å². The minimum Gasteiger partial charge on any atom is -0.310 e. The van der Waals surface area contributed by atoms with Crippen LogP contribution in [0.15, 0.2) is 44.8 Å². The molecule has 1 N–H and O–H groups in total. The van der Waals surface area contributed by atoms with Crippen molar-refractivity contribution in [2.75, 3.05) is 0 Å². The van der Waals surface area contributed by atoms with Gasteiger partial charge in [0.1, 0.15) is 0 Å². The Balaban J connectivity index is 2.26. The number of benzene rings is 1. The summed E-state index contributed by atoms with van der Waals surface area (Å²) in [5.41, 5.74) is -0.274. The summed E-state index contributed by atoms with van der Waals surface area (Å²) >= 11 is 2.87. The number of halogens is 3. The number of nitrogens with one attached hydrogen (secondary N) is 1. The van der Waals surface area contributed by atoms with Crippen LogP contribution in [0.3, 0.4) is 0 Å². The molecule has 0 spiro atoms. The topological polar surface area (TPSA) is 12.0 Å². The lowest BCUT2D eigenvalue weighted by Crippen LogP contribution is -2.23. The molecule has 1 heterocycles. The third-order valence-corrected chi connectivity index (χ3v) is 4.83. The van der Waals surface area contributed by atoms with Gasteiger partial charge in [0.05, 0.1) is 9.77 Å². The average Bonchev–Trinajstić information content (AvgIpc) is 2.89. The van der Waals surface area contributed by atoms with Crippen molar-refractivity contribution in [3.8, 4) is 0 Å². The Labute approximate surface area is 130 Å². The quantitative estimate of drug-likeness (QED) is 0.785. The molecule has 0 amide bonds. The molecule has 0 aliphatic rings. The van der Waals surface area contributed by atoms with Crippen LogP contribution in [0.4, 0.5) is 13.2 Å². The predicted molar refractivity (Wildman–Crippen MR) is 81.9 cm³/mol. The van der Waals surface area contributed by atoms with Gasteiger partial charge in [-0.15, -0.1) is 11.3 Å². The molecule has 114 valence electrons. The molecule has 0 unspecified atom stereocenters. The van der Waals surface area contributed by atoms with Crippen LogP contribution in [0.1, 0.15) is 25.0 Å². The van der Waals surface area contributed by atoms with E-state index < -0.39 is 11.7 Å². The van der Waals surface area contributed by atoms with Crippen LogP contribution in [0.2, 0.25) is 0 Å². The molecule has 2 rings (SSSR count). The van der Waals surface area contributed by atoms with Gasteiger partial charge in [0.25, 0.3) is 0 Å². The van der Waals surface area contributed by atoms with E-state index in [0.29, 0.717) is 4.90 Å². The van der Waals surface area contributed by atoms with E-state index in [1.165, 1.54) is 29.2 Å². The third kappa shape index (κ3) is 4.76. The van der Waals surface area contributed by atoms with Crippen molar-refractivity contribution in [3.05, 3.63) is 46.8 Å². The van der Waals surface area contributed by atoms with Crippen LogP contribution in [0.5, 0.6) is 0 Å². The zero-order chi connectivity index (χ0) is 15.5. The summed E-state index contributed by atoms with van der Waals surface area (Å²) in [4.78, 5) is 0.609. The number of hydrogen-bond donors (Lipinski definition) is 1. The number of alkyl halides is 3. The molecule has 1 aromatic carbocycles. The molecule has 0 bridgehead atoms. The van der Waals surface area contributed by atoms with Crippen molar-refractivity contribution < 1.29 is 13.2 Å². The lowest BCUT2D eigenvalue weighted by molar-refractivity contribution is -0.138. The summed E-state index contributed by atoms with van der Waals surface area (Å²) in [6, 6.07) is 8.48. The SMILES string of the molecule is CC(C)NCc1ccc(Sc2cccs2)cc1C(F)(F)F. The van der Waals surface area contributed by atoms with E-state index in [1.807, 2.05) is 31.4 Å². The van der Waals surface area contributed by atoms with Gasteiger partial charge in [-0.2, -0.15) is 13.2 Å². The van der Waals surface area contributed by atoms with Gasteiger partial charge in [-0.1, -0.05) is 37.7 Å². The fourth-order valence-corrected chi connectivity index (χ4v) is 3.58. The Morgan fingerprint density at radius 3 is 2.57 bits per heavy atom. The van der Waals surface area contributed by atoms with Crippen LogP contribution in [-0.2, 0) is 12.7 Å². The molecule has 1 aromatic heterocycles. The highest BCUT2D eigenvalue weighted by molar-refractivity contribution is 8.01. The van der Waals surface area contributed by atoms with Crippen molar-refractivity contribution in [1.82, 2.24) is 5.32 Å². The smallest absolute Gasteiger partial charge is 0.310 e. The van der Waals surface area contributed by atoms with Gasteiger partial charge in [0, 0.05) is 17.5 Å². The molecule has 0 saturated carbocycles. The number of hydrogen-bond acceptors (Lipinski definition) is 3. The molecule has 0 fully saturated rings. The zero-order valence-corrected chi connectivity index (χ0v) is 13.3. The Bertz CT molecular complexity index is 577. The zero-order valence-electron chi connectivity index (χ0n) is 11.7. The normalized spacial score (nSPS) is 12.1.